The van der Waals surface area contributed by atoms with Crippen LogP contribution in [0.4, 0.5) is 0 Å². The zero-order valence-electron chi connectivity index (χ0n) is 14.4. The first-order chi connectivity index (χ1) is 11.7. The average Bonchev–Trinajstić information content (AvgIpc) is 2.65. The van der Waals surface area contributed by atoms with Crippen molar-refractivity contribution < 1.29 is 14.6 Å². The van der Waals surface area contributed by atoms with Crippen molar-refractivity contribution in [3.8, 4) is 11.1 Å². The van der Waals surface area contributed by atoms with Gasteiger partial charge in [-0.2, -0.15) is 4.89 Å². The van der Waals surface area contributed by atoms with Gasteiger partial charge in [0.25, 0.3) is 0 Å². The van der Waals surface area contributed by atoms with Crippen molar-refractivity contribution in [1.29, 1.82) is 0 Å². The Hall–Kier alpha value is -2.13. The first-order valence-corrected chi connectivity index (χ1v) is 8.61. The minimum Gasteiger partial charge on any atom is -0.292 e. The molecule has 0 aliphatic carbocycles. The molecule has 0 N–H and O–H groups in total. The molecular formula is C21H25O3. The predicted molar refractivity (Wildman–Crippen MR) is 96.0 cm³/mol. The summed E-state index contributed by atoms with van der Waals surface area (Å²) in [6.07, 6.45) is 4.32. The largest absolute Gasteiger partial charge is 0.373 e. The van der Waals surface area contributed by atoms with E-state index in [9.17, 15) is 4.79 Å². The van der Waals surface area contributed by atoms with Crippen LogP contribution in [0.25, 0.3) is 11.1 Å². The summed E-state index contributed by atoms with van der Waals surface area (Å²) in [7, 11) is 0. The van der Waals surface area contributed by atoms with Crippen molar-refractivity contribution in [2.45, 2.75) is 39.5 Å². The van der Waals surface area contributed by atoms with Crippen LogP contribution in [-0.2, 0) is 9.78 Å². The molecule has 127 valence electrons. The van der Waals surface area contributed by atoms with Crippen LogP contribution in [0.15, 0.2) is 54.6 Å². The van der Waals surface area contributed by atoms with Gasteiger partial charge in [-0.25, -0.2) is 4.79 Å². The van der Waals surface area contributed by atoms with E-state index in [4.69, 9.17) is 9.78 Å². The lowest BCUT2D eigenvalue weighted by atomic mass is 10.0. The van der Waals surface area contributed by atoms with Crippen LogP contribution >= 0.6 is 0 Å². The van der Waals surface area contributed by atoms with Crippen molar-refractivity contribution in [2.75, 3.05) is 0 Å². The predicted octanol–water partition coefficient (Wildman–Crippen LogP) is 5.82. The molecule has 0 saturated carbocycles. The number of hydrogen-bond acceptors (Lipinski definition) is 3. The van der Waals surface area contributed by atoms with Crippen molar-refractivity contribution in [2.24, 2.45) is 5.92 Å². The molecule has 0 bridgehead atoms. The van der Waals surface area contributed by atoms with E-state index in [1.165, 1.54) is 0 Å². The number of unbranched alkanes of at least 4 members (excludes halogenated alkanes) is 1. The van der Waals surface area contributed by atoms with Gasteiger partial charge in [0.15, 0.2) is 0 Å². The Labute approximate surface area is 144 Å². The normalized spacial score (nSPS) is 11.9. The highest BCUT2D eigenvalue weighted by atomic mass is 17.2. The lowest BCUT2D eigenvalue weighted by Gasteiger charge is -2.12. The highest BCUT2D eigenvalue weighted by molar-refractivity contribution is 5.89. The third kappa shape index (κ3) is 5.50. The fraction of sp³-hybridized carbons (Fsp3) is 0.333. The summed E-state index contributed by atoms with van der Waals surface area (Å²) in [5.74, 6) is -0.158. The van der Waals surface area contributed by atoms with E-state index in [0.29, 0.717) is 11.5 Å². The number of carbonyl (C=O) groups is 1. The summed E-state index contributed by atoms with van der Waals surface area (Å²) in [5, 5.41) is 0. The maximum atomic E-state index is 12.0. The molecule has 1 unspecified atom stereocenters. The van der Waals surface area contributed by atoms with Gasteiger partial charge >= 0.3 is 5.97 Å². The van der Waals surface area contributed by atoms with Crippen LogP contribution in [0.3, 0.4) is 0 Å². The van der Waals surface area contributed by atoms with Gasteiger partial charge in [0.05, 0.1) is 5.56 Å². The Kier molecular flexibility index (Phi) is 7.50. The molecule has 2 aromatic rings. The van der Waals surface area contributed by atoms with Crippen LogP contribution in [0.2, 0.25) is 0 Å². The van der Waals surface area contributed by atoms with Gasteiger partial charge in [0.1, 0.15) is 6.61 Å². The molecule has 1 atom stereocenters. The summed E-state index contributed by atoms with van der Waals surface area (Å²) < 4.78 is 0. The van der Waals surface area contributed by atoms with E-state index in [1.54, 1.807) is 18.7 Å². The van der Waals surface area contributed by atoms with Crippen molar-refractivity contribution in [1.82, 2.24) is 0 Å². The van der Waals surface area contributed by atoms with Gasteiger partial charge in [-0.1, -0.05) is 75.6 Å². The van der Waals surface area contributed by atoms with Crippen LogP contribution < -0.4 is 0 Å². The van der Waals surface area contributed by atoms with E-state index in [2.05, 4.69) is 13.8 Å². The quantitative estimate of drug-likeness (QED) is 0.430. The highest BCUT2D eigenvalue weighted by Gasteiger charge is 2.12. The van der Waals surface area contributed by atoms with Gasteiger partial charge < -0.3 is 0 Å². The molecular weight excluding hydrogens is 300 g/mol. The molecule has 3 nitrogen and oxygen atoms in total. The monoisotopic (exact) mass is 325 g/mol. The Balaban J connectivity index is 1.84. The number of benzene rings is 2. The second-order valence-corrected chi connectivity index (χ2v) is 5.86. The molecule has 0 spiro atoms. The topological polar surface area (TPSA) is 35.5 Å². The molecule has 0 amide bonds. The molecule has 0 aliphatic heterocycles. The van der Waals surface area contributed by atoms with Crippen molar-refractivity contribution in [3.63, 3.8) is 0 Å². The van der Waals surface area contributed by atoms with Crippen LogP contribution in [0, 0.1) is 12.5 Å². The smallest absolute Gasteiger partial charge is 0.292 e. The third-order valence-electron chi connectivity index (χ3n) is 4.05. The summed E-state index contributed by atoms with van der Waals surface area (Å²) in [4.78, 5) is 21.9. The first-order valence-electron chi connectivity index (χ1n) is 8.61. The van der Waals surface area contributed by atoms with Gasteiger partial charge in [-0.3, -0.25) is 4.89 Å². The second kappa shape index (κ2) is 9.89. The van der Waals surface area contributed by atoms with Gasteiger partial charge in [0, 0.05) is 0 Å². The third-order valence-corrected chi connectivity index (χ3v) is 4.05. The second-order valence-electron chi connectivity index (χ2n) is 5.86. The maximum Gasteiger partial charge on any atom is 0.373 e. The Morgan fingerprint density at radius 1 is 1.00 bits per heavy atom. The van der Waals surface area contributed by atoms with E-state index >= 15 is 0 Å². The molecule has 24 heavy (non-hydrogen) atoms. The summed E-state index contributed by atoms with van der Waals surface area (Å²) in [6, 6.07) is 17.3. The van der Waals surface area contributed by atoms with E-state index in [0.717, 1.165) is 36.8 Å². The molecule has 0 aromatic heterocycles. The molecule has 0 saturated heterocycles. The lowest BCUT2D eigenvalue weighted by Crippen LogP contribution is -2.09. The van der Waals surface area contributed by atoms with E-state index in [1.807, 2.05) is 42.5 Å². The molecule has 2 aromatic carbocycles. The summed E-state index contributed by atoms with van der Waals surface area (Å²) in [5.41, 5.74) is 2.65. The number of hydrogen-bond donors (Lipinski definition) is 0. The van der Waals surface area contributed by atoms with Gasteiger partial charge in [-0.05, 0) is 35.6 Å². The fourth-order valence-electron chi connectivity index (χ4n) is 2.46. The highest BCUT2D eigenvalue weighted by Crippen LogP contribution is 2.20. The van der Waals surface area contributed by atoms with Gasteiger partial charge in [-0.15, -0.1) is 0 Å². The number of carbonyl (C=O) groups excluding carboxylic acids is 1. The fourth-order valence-corrected chi connectivity index (χ4v) is 2.46. The van der Waals surface area contributed by atoms with Crippen molar-refractivity contribution >= 4 is 5.97 Å². The molecule has 2 rings (SSSR count). The SMILES string of the molecule is CCCCC([CH]OOC(=O)c1ccc(-c2ccccc2)cc1)CC. The lowest BCUT2D eigenvalue weighted by molar-refractivity contribution is -0.219. The van der Waals surface area contributed by atoms with E-state index in [-0.39, 0.29) is 0 Å². The summed E-state index contributed by atoms with van der Waals surface area (Å²) in [6.45, 7) is 5.89. The Morgan fingerprint density at radius 3 is 2.29 bits per heavy atom. The van der Waals surface area contributed by atoms with Crippen LogP contribution in [0.5, 0.6) is 0 Å². The summed E-state index contributed by atoms with van der Waals surface area (Å²) >= 11 is 0. The molecule has 0 heterocycles. The minimum atomic E-state index is -0.476. The molecule has 0 aliphatic rings. The zero-order valence-corrected chi connectivity index (χ0v) is 14.4. The van der Waals surface area contributed by atoms with Crippen LogP contribution in [-0.4, -0.2) is 5.97 Å². The molecule has 0 fully saturated rings. The van der Waals surface area contributed by atoms with Crippen LogP contribution in [0.1, 0.15) is 49.9 Å². The Morgan fingerprint density at radius 2 is 1.67 bits per heavy atom. The standard InChI is InChI=1S/C21H25O3/c1-3-5-9-17(4-2)16-23-24-21(22)20-14-12-19(13-15-20)18-10-7-6-8-11-18/h6-8,10-17H,3-5,9H2,1-2H3. The van der Waals surface area contributed by atoms with Crippen molar-refractivity contribution in [3.05, 3.63) is 66.8 Å². The maximum absolute atomic E-state index is 12.0. The average molecular weight is 325 g/mol. The van der Waals surface area contributed by atoms with E-state index < -0.39 is 5.97 Å². The van der Waals surface area contributed by atoms with Gasteiger partial charge in [0.2, 0.25) is 0 Å². The minimum absolute atomic E-state index is 0.318. The number of rotatable bonds is 9. The zero-order chi connectivity index (χ0) is 17.2. The molecule has 1 radical (unpaired) electrons. The Bertz CT molecular complexity index is 605. The first kappa shape index (κ1) is 18.2. The molecule has 3 heteroatoms.